The standard InChI is InChI=1S/C20H24F3N5O3S.C19H21F3N4O3S.C18H20F3N5O3S.C17H19F3N6O3S/c1-2-32(29,30)19(4-3-5-19)16-11-15(26-18(27-16)28-6-8-31-9-7-28)13-12-25-17(24)10-14(13)20(21,22)23;1-30(27,28)18(4-5-18)16-11-15(24-17(25-16)26-6-8-29-9-7-26)13-3-2-12(23)10-14(13)19(20,21)22;1-30(27,28)17(2-3-17)14-9-13(24-16(25-14)26-4-6-29-7-5-26)11-8-12(18(19,20)21)15(22)23-10-11;1-30(27,28)16(2-3-16)12-8-11(23-15(24-12)26-4-6-29-7-5-26)10-9-22-14(21)25-13(10)17(18,19)20/h10-12H,2-9H2,1H3,(H2,24,25);2-3,10-11H,4-9,23H2,1H3;8-10H,2-7H2,1H3,(H2,22,23);8-9H,2-7H2,1H3,(H2,21,22,25). The van der Waals surface area contributed by atoms with Gasteiger partial charge in [0.15, 0.2) is 45.0 Å². The molecule has 48 heteroatoms. The summed E-state index contributed by atoms with van der Waals surface area (Å²) in [6.45, 7) is 8.59. The van der Waals surface area contributed by atoms with E-state index in [1.165, 1.54) is 42.6 Å². The third-order valence-corrected chi connectivity index (χ3v) is 31.0. The summed E-state index contributed by atoms with van der Waals surface area (Å²) in [6.07, 6.45) is -8.62. The predicted molar refractivity (Wildman–Crippen MR) is 423 cm³/mol. The number of ether oxygens (including phenoxy) is 4. The first kappa shape index (κ1) is 89.9. The number of aromatic nitrogens is 12. The van der Waals surface area contributed by atoms with Gasteiger partial charge in [-0.2, -0.15) is 52.7 Å². The van der Waals surface area contributed by atoms with Crippen molar-refractivity contribution < 1.29 is 105 Å². The van der Waals surface area contributed by atoms with Crippen LogP contribution in [-0.2, 0) is 102 Å². The average Bonchev–Trinajstić information content (AvgIpc) is 1.48. The third kappa shape index (κ3) is 18.8. The van der Waals surface area contributed by atoms with Gasteiger partial charge in [0.25, 0.3) is 0 Å². The molecule has 11 heterocycles. The smallest absolute Gasteiger partial charge is 0.399 e. The molecule has 1 aromatic carbocycles. The first-order valence-corrected chi connectivity index (χ1v) is 45.5. The van der Waals surface area contributed by atoms with Crippen molar-refractivity contribution in [3.63, 3.8) is 0 Å². The summed E-state index contributed by atoms with van der Waals surface area (Å²) >= 11 is 0. The second-order valence-corrected chi connectivity index (χ2v) is 39.9. The molecule has 4 saturated carbocycles. The maximum atomic E-state index is 13.8. The number of morpholine rings is 4. The number of hydrogen-bond donors (Lipinski definition) is 4. The molecule has 0 unspecified atom stereocenters. The Bertz CT molecular complexity index is 5580. The molecule has 122 heavy (non-hydrogen) atoms. The second-order valence-electron chi connectivity index (χ2n) is 30.3. The number of pyridine rings is 2. The molecule has 0 spiro atoms. The number of hydrogen-bond acceptors (Lipinski definition) is 32. The summed E-state index contributed by atoms with van der Waals surface area (Å²) in [5.74, 6) is -0.734. The SMILES string of the molecule is CCS(=O)(=O)C1(c2cc(-c3cnc(N)cc3C(F)(F)F)nc(N3CCOCC3)n2)CCC1.CS(=O)(=O)C1(c2cc(-c3ccc(N)cc3C(F)(F)F)nc(N3CCOCC3)n2)CC1.CS(=O)(=O)C1(c2cc(-c3cnc(N)c(C(F)(F)F)c3)nc(N3CCOCC3)n2)CC1.CS(=O)(=O)C1(c2cc(-c3cnc(N)nc3C(F)(F)F)nc(N3CCOCC3)n2)CC1. The molecule has 0 bridgehead atoms. The van der Waals surface area contributed by atoms with Crippen LogP contribution in [-0.4, -0.2) is 223 Å². The first-order valence-electron chi connectivity index (χ1n) is 38.1. The zero-order valence-corrected chi connectivity index (χ0v) is 69.1. The van der Waals surface area contributed by atoms with Crippen molar-refractivity contribution in [1.29, 1.82) is 0 Å². The number of sulfone groups is 4. The molecule has 4 aliphatic heterocycles. The van der Waals surface area contributed by atoms with Crippen LogP contribution < -0.4 is 42.5 Å². The Hall–Kier alpha value is -9.88. The van der Waals surface area contributed by atoms with Crippen LogP contribution in [0.15, 0.2) is 73.2 Å². The Morgan fingerprint density at radius 2 is 0.730 bits per heavy atom. The van der Waals surface area contributed by atoms with Crippen LogP contribution in [0.3, 0.4) is 0 Å². The molecule has 0 atom stereocenters. The molecular weight excluding hydrogens is 1720 g/mol. The molecule has 0 radical (unpaired) electrons. The van der Waals surface area contributed by atoms with Crippen molar-refractivity contribution in [3.8, 4) is 45.0 Å². The molecule has 8 aromatic rings. The van der Waals surface area contributed by atoms with Gasteiger partial charge in [-0.3, -0.25) is 0 Å². The summed E-state index contributed by atoms with van der Waals surface area (Å²) in [5, 5.41) is 0. The van der Waals surface area contributed by atoms with Crippen molar-refractivity contribution in [2.24, 2.45) is 0 Å². The van der Waals surface area contributed by atoms with Crippen LogP contribution in [0.5, 0.6) is 0 Å². The van der Waals surface area contributed by atoms with Crippen molar-refractivity contribution in [3.05, 3.63) is 118 Å². The largest absolute Gasteiger partial charge is 0.434 e. The maximum Gasteiger partial charge on any atom is 0.434 e. The van der Waals surface area contributed by atoms with Crippen LogP contribution >= 0.6 is 0 Å². The minimum atomic E-state index is -4.80. The maximum absolute atomic E-state index is 13.8. The van der Waals surface area contributed by atoms with Crippen LogP contribution in [0.2, 0.25) is 0 Å². The quantitative estimate of drug-likeness (QED) is 0.0488. The van der Waals surface area contributed by atoms with Crippen molar-refractivity contribution in [2.45, 2.75) is 108 Å². The van der Waals surface area contributed by atoms with Gasteiger partial charge in [0, 0.05) is 123 Å². The van der Waals surface area contributed by atoms with Crippen LogP contribution in [0.4, 0.5) is 99.7 Å². The van der Waals surface area contributed by atoms with Crippen molar-refractivity contribution >= 4 is 86.4 Å². The van der Waals surface area contributed by atoms with Gasteiger partial charge in [0.2, 0.25) is 29.7 Å². The van der Waals surface area contributed by atoms with Crippen molar-refractivity contribution in [2.75, 3.05) is 172 Å². The normalized spacial score (nSPS) is 19.0. The van der Waals surface area contributed by atoms with Crippen molar-refractivity contribution in [1.82, 2.24) is 59.8 Å². The highest BCUT2D eigenvalue weighted by atomic mass is 32.2. The molecule has 4 aliphatic carbocycles. The van der Waals surface area contributed by atoms with E-state index in [9.17, 15) is 86.4 Å². The zero-order valence-electron chi connectivity index (χ0n) is 65.8. The van der Waals surface area contributed by atoms with Gasteiger partial charge in [-0.25, -0.2) is 93.5 Å². The van der Waals surface area contributed by atoms with Gasteiger partial charge in [-0.1, -0.05) is 13.0 Å². The molecule has 7 aromatic heterocycles. The number of nitrogen functional groups attached to an aromatic ring is 4. The summed E-state index contributed by atoms with van der Waals surface area (Å²) in [5.41, 5.74) is 17.8. The van der Waals surface area contributed by atoms with E-state index in [4.69, 9.17) is 41.9 Å². The Kier molecular flexibility index (Phi) is 24.8. The molecule has 8 aliphatic rings. The highest BCUT2D eigenvalue weighted by molar-refractivity contribution is 7.93. The predicted octanol–water partition coefficient (Wildman–Crippen LogP) is 8.82. The van der Waals surface area contributed by atoms with Crippen LogP contribution in [0.1, 0.15) is 110 Å². The molecule has 16 rings (SSSR count). The molecule has 0 amide bonds. The molecule has 4 saturated heterocycles. The van der Waals surface area contributed by atoms with Crippen LogP contribution in [0.25, 0.3) is 45.0 Å². The van der Waals surface area contributed by atoms with E-state index in [0.29, 0.717) is 163 Å². The van der Waals surface area contributed by atoms with Gasteiger partial charge >= 0.3 is 24.7 Å². The van der Waals surface area contributed by atoms with E-state index in [1.54, 1.807) is 21.6 Å². The van der Waals surface area contributed by atoms with E-state index >= 15 is 0 Å². The van der Waals surface area contributed by atoms with Gasteiger partial charge in [-0.05, 0) is 106 Å². The summed E-state index contributed by atoms with van der Waals surface area (Å²) in [7, 11) is -14.1. The lowest BCUT2D eigenvalue weighted by atomic mass is 9.81. The second kappa shape index (κ2) is 33.6. The number of alkyl halides is 12. The Balaban J connectivity index is 0.000000140. The number of anilines is 8. The topological polar surface area (TPSA) is 445 Å². The monoisotopic (exact) mass is 1800 g/mol. The van der Waals surface area contributed by atoms with Gasteiger partial charge in [0.05, 0.1) is 115 Å². The Morgan fingerprint density at radius 1 is 0.377 bits per heavy atom. The fourth-order valence-corrected chi connectivity index (χ4v) is 20.6. The van der Waals surface area contributed by atoms with E-state index in [-0.39, 0.29) is 109 Å². The fourth-order valence-electron chi connectivity index (χ4n) is 14.7. The van der Waals surface area contributed by atoms with Gasteiger partial charge < -0.3 is 61.5 Å². The number of benzene rings is 1. The highest BCUT2D eigenvalue weighted by Gasteiger charge is 2.58. The van der Waals surface area contributed by atoms with Gasteiger partial charge in [0.1, 0.15) is 30.6 Å². The average molecular weight is 1800 g/mol. The molecule has 8 fully saturated rings. The van der Waals surface area contributed by atoms with Gasteiger partial charge in [-0.15, -0.1) is 0 Å². The Labute approximate surface area is 692 Å². The Morgan fingerprint density at radius 3 is 1.08 bits per heavy atom. The fraction of sp³-hybridized carbons (Fsp3) is 0.514. The number of halogens is 12. The summed E-state index contributed by atoms with van der Waals surface area (Å²) in [6, 6.07) is 10.5. The number of nitrogens with zero attached hydrogens (tertiary/aromatic N) is 16. The van der Waals surface area contributed by atoms with E-state index in [2.05, 4.69) is 59.8 Å². The lowest BCUT2D eigenvalue weighted by Gasteiger charge is -2.41. The summed E-state index contributed by atoms with van der Waals surface area (Å²) in [4.78, 5) is 57.1. The van der Waals surface area contributed by atoms with Crippen LogP contribution in [0, 0.1) is 0 Å². The zero-order chi connectivity index (χ0) is 88.3. The third-order valence-electron chi connectivity index (χ3n) is 22.3. The lowest BCUT2D eigenvalue weighted by molar-refractivity contribution is -0.141. The van der Waals surface area contributed by atoms with E-state index < -0.39 is 117 Å². The number of rotatable bonds is 17. The summed E-state index contributed by atoms with van der Waals surface area (Å²) < 4.78 is 280. The number of nitrogens with two attached hydrogens (primary N) is 4. The minimum absolute atomic E-state index is 0.0174. The highest BCUT2D eigenvalue weighted by Crippen LogP contribution is 2.56. The lowest BCUT2D eigenvalue weighted by Crippen LogP contribution is -2.45. The molecule has 32 nitrogen and oxygen atoms in total. The van der Waals surface area contributed by atoms with E-state index in [0.717, 1.165) is 49.4 Å². The molecule has 8 N–H and O–H groups in total. The molecule has 660 valence electrons. The molecular formula is C74H84F12N20O12S4. The first-order chi connectivity index (χ1) is 57.1. The minimum Gasteiger partial charge on any atom is -0.399 e. The van der Waals surface area contributed by atoms with E-state index in [1.807, 2.05) is 4.90 Å².